The molecule has 9 nitrogen and oxygen atoms in total. The molecule has 6 rings (SSSR count). The first-order valence-corrected chi connectivity index (χ1v) is 10.4. The molecule has 0 bridgehead atoms. The number of aromatic nitrogens is 4. The summed E-state index contributed by atoms with van der Waals surface area (Å²) in [4.78, 5) is 13.1. The molecule has 2 aromatic carbocycles. The fourth-order valence-corrected chi connectivity index (χ4v) is 4.60. The smallest absolute Gasteiger partial charge is 0.167 e. The largest absolute Gasteiger partial charge is 0.394 e. The summed E-state index contributed by atoms with van der Waals surface area (Å²) in [6, 6.07) is 14.7. The third-order valence-corrected chi connectivity index (χ3v) is 6.21. The van der Waals surface area contributed by atoms with Crippen LogP contribution in [0.4, 0.5) is 11.5 Å². The summed E-state index contributed by atoms with van der Waals surface area (Å²) < 4.78 is 7.17. The van der Waals surface area contributed by atoms with Crippen molar-refractivity contribution in [3.05, 3.63) is 66.2 Å². The first-order chi connectivity index (χ1) is 15.6. The Morgan fingerprint density at radius 2 is 1.84 bits per heavy atom. The van der Waals surface area contributed by atoms with Gasteiger partial charge in [0.05, 0.1) is 12.9 Å². The van der Waals surface area contributed by atoms with Gasteiger partial charge in [0, 0.05) is 5.69 Å². The van der Waals surface area contributed by atoms with Crippen LogP contribution in [0.2, 0.25) is 0 Å². The van der Waals surface area contributed by atoms with Crippen LogP contribution in [0.15, 0.2) is 55.1 Å². The molecule has 3 heterocycles. The summed E-state index contributed by atoms with van der Waals surface area (Å²) in [5.41, 5.74) is 6.93. The standard InChI is InChI=1S/C23H21N5O4/c29-9-17-19(30)20(31)23(32-17)28-11-26-18-21(24-10-25-22(18)28)27-14-5-6-16-13(8-14)7-12-3-1-2-4-15(12)16/h1-6,8,10-11,17,19-20,23,29-31H,7,9H2,(H,24,25,27)/t17-,19-,20-,23-/m1/s1. The van der Waals surface area contributed by atoms with Crippen LogP contribution in [0.5, 0.6) is 0 Å². The molecule has 9 heteroatoms. The van der Waals surface area contributed by atoms with Gasteiger partial charge < -0.3 is 25.4 Å². The highest BCUT2D eigenvalue weighted by atomic mass is 16.6. The summed E-state index contributed by atoms with van der Waals surface area (Å²) in [5.74, 6) is 0.524. The van der Waals surface area contributed by atoms with Crippen molar-refractivity contribution in [1.82, 2.24) is 19.5 Å². The van der Waals surface area contributed by atoms with Crippen molar-refractivity contribution in [2.24, 2.45) is 0 Å². The van der Waals surface area contributed by atoms with Crippen molar-refractivity contribution in [2.75, 3.05) is 11.9 Å². The fraction of sp³-hybridized carbons (Fsp3) is 0.261. The van der Waals surface area contributed by atoms with Crippen LogP contribution in [0.3, 0.4) is 0 Å². The van der Waals surface area contributed by atoms with E-state index < -0.39 is 31.1 Å². The highest BCUT2D eigenvalue weighted by Crippen LogP contribution is 2.38. The second kappa shape index (κ2) is 7.35. The van der Waals surface area contributed by atoms with Gasteiger partial charge in [0.2, 0.25) is 0 Å². The van der Waals surface area contributed by atoms with Gasteiger partial charge in [-0.2, -0.15) is 0 Å². The maximum atomic E-state index is 10.4. The molecule has 32 heavy (non-hydrogen) atoms. The number of rotatable bonds is 4. The molecule has 1 aliphatic heterocycles. The monoisotopic (exact) mass is 431 g/mol. The minimum atomic E-state index is -1.21. The minimum Gasteiger partial charge on any atom is -0.394 e. The second-order valence-corrected chi connectivity index (χ2v) is 8.11. The predicted octanol–water partition coefficient (Wildman–Crippen LogP) is 1.75. The lowest BCUT2D eigenvalue weighted by molar-refractivity contribution is -0.0511. The van der Waals surface area contributed by atoms with Crippen molar-refractivity contribution < 1.29 is 20.1 Å². The van der Waals surface area contributed by atoms with Gasteiger partial charge in [-0.3, -0.25) is 4.57 Å². The number of nitrogens with zero attached hydrogens (tertiary/aromatic N) is 4. The Labute approximate surface area is 183 Å². The topological polar surface area (TPSA) is 126 Å². The highest BCUT2D eigenvalue weighted by molar-refractivity contribution is 5.86. The molecule has 1 saturated heterocycles. The SMILES string of the molecule is OC[C@H]1O[C@@H](n2cnc3c(Nc4ccc5c(c4)Cc4ccccc4-5)ncnc32)[C@H](O)[C@@H]1O. The zero-order chi connectivity index (χ0) is 21.8. The van der Waals surface area contributed by atoms with Gasteiger partial charge in [0.15, 0.2) is 23.2 Å². The predicted molar refractivity (Wildman–Crippen MR) is 116 cm³/mol. The average Bonchev–Trinajstić information content (AvgIpc) is 3.48. The third-order valence-electron chi connectivity index (χ3n) is 6.21. The Kier molecular flexibility index (Phi) is 4.44. The molecule has 0 amide bonds. The van der Waals surface area contributed by atoms with Crippen molar-refractivity contribution in [2.45, 2.75) is 31.0 Å². The molecule has 4 aromatic rings. The Balaban J connectivity index is 1.32. The lowest BCUT2D eigenvalue weighted by atomic mass is 10.1. The Morgan fingerprint density at radius 1 is 1.00 bits per heavy atom. The van der Waals surface area contributed by atoms with Crippen LogP contribution >= 0.6 is 0 Å². The van der Waals surface area contributed by atoms with E-state index in [-0.39, 0.29) is 0 Å². The van der Waals surface area contributed by atoms with E-state index in [4.69, 9.17) is 4.74 Å². The summed E-state index contributed by atoms with van der Waals surface area (Å²) in [5, 5.41) is 33.1. The Bertz CT molecular complexity index is 1320. The Hall–Kier alpha value is -3.37. The zero-order valence-electron chi connectivity index (χ0n) is 17.0. The van der Waals surface area contributed by atoms with Gasteiger partial charge in [0.1, 0.15) is 24.6 Å². The highest BCUT2D eigenvalue weighted by Gasteiger charge is 2.44. The number of fused-ring (bicyclic) bond motifs is 4. The lowest BCUT2D eigenvalue weighted by Gasteiger charge is -2.16. The molecule has 4 N–H and O–H groups in total. The molecule has 2 aliphatic rings. The lowest BCUT2D eigenvalue weighted by Crippen LogP contribution is -2.33. The molecule has 0 radical (unpaired) electrons. The average molecular weight is 431 g/mol. The van der Waals surface area contributed by atoms with E-state index >= 15 is 0 Å². The van der Waals surface area contributed by atoms with E-state index in [1.807, 2.05) is 6.07 Å². The number of hydrogen-bond acceptors (Lipinski definition) is 8. The van der Waals surface area contributed by atoms with Gasteiger partial charge in [-0.25, -0.2) is 15.0 Å². The summed E-state index contributed by atoms with van der Waals surface area (Å²) in [6.07, 6.45) is -0.403. The number of ether oxygens (including phenoxy) is 1. The van der Waals surface area contributed by atoms with Crippen LogP contribution in [0.25, 0.3) is 22.3 Å². The van der Waals surface area contributed by atoms with E-state index in [0.717, 1.165) is 12.1 Å². The number of anilines is 2. The van der Waals surface area contributed by atoms with E-state index in [1.165, 1.54) is 34.9 Å². The van der Waals surface area contributed by atoms with E-state index in [0.29, 0.717) is 17.0 Å². The summed E-state index contributed by atoms with van der Waals surface area (Å²) >= 11 is 0. The van der Waals surface area contributed by atoms with Crippen LogP contribution in [0.1, 0.15) is 17.4 Å². The van der Waals surface area contributed by atoms with Crippen molar-refractivity contribution in [3.8, 4) is 11.1 Å². The molecule has 4 atom stereocenters. The third kappa shape index (κ3) is 2.90. The van der Waals surface area contributed by atoms with Crippen LogP contribution in [-0.2, 0) is 11.2 Å². The van der Waals surface area contributed by atoms with Crippen molar-refractivity contribution in [1.29, 1.82) is 0 Å². The molecule has 162 valence electrons. The van der Waals surface area contributed by atoms with E-state index in [1.54, 1.807) is 4.57 Å². The second-order valence-electron chi connectivity index (χ2n) is 8.11. The number of hydrogen-bond donors (Lipinski definition) is 4. The molecule has 1 fully saturated rings. The molecule has 0 unspecified atom stereocenters. The van der Waals surface area contributed by atoms with Crippen molar-refractivity contribution in [3.63, 3.8) is 0 Å². The first kappa shape index (κ1) is 19.3. The summed E-state index contributed by atoms with van der Waals surface area (Å²) in [7, 11) is 0. The van der Waals surface area contributed by atoms with Gasteiger partial charge in [0.25, 0.3) is 0 Å². The number of imidazole rings is 1. The van der Waals surface area contributed by atoms with Gasteiger partial charge in [-0.05, 0) is 40.8 Å². The molecule has 1 aliphatic carbocycles. The van der Waals surface area contributed by atoms with E-state index in [9.17, 15) is 15.3 Å². The van der Waals surface area contributed by atoms with Crippen LogP contribution in [-0.4, -0.2) is 59.8 Å². The van der Waals surface area contributed by atoms with Crippen LogP contribution in [0, 0.1) is 0 Å². The molecule has 0 saturated carbocycles. The molecule has 0 spiro atoms. The number of nitrogens with one attached hydrogen (secondary N) is 1. The molecular weight excluding hydrogens is 410 g/mol. The number of aliphatic hydroxyl groups excluding tert-OH is 3. The normalized spacial score (nSPS) is 24.0. The van der Waals surface area contributed by atoms with Crippen molar-refractivity contribution >= 4 is 22.7 Å². The number of benzene rings is 2. The van der Waals surface area contributed by atoms with Gasteiger partial charge >= 0.3 is 0 Å². The maximum absolute atomic E-state index is 10.4. The van der Waals surface area contributed by atoms with Crippen LogP contribution < -0.4 is 5.32 Å². The van der Waals surface area contributed by atoms with Gasteiger partial charge in [-0.1, -0.05) is 30.3 Å². The summed E-state index contributed by atoms with van der Waals surface area (Å²) in [6.45, 7) is -0.397. The quantitative estimate of drug-likeness (QED) is 0.339. The first-order valence-electron chi connectivity index (χ1n) is 10.4. The van der Waals surface area contributed by atoms with Gasteiger partial charge in [-0.15, -0.1) is 0 Å². The Morgan fingerprint density at radius 3 is 2.69 bits per heavy atom. The van der Waals surface area contributed by atoms with E-state index in [2.05, 4.69) is 56.7 Å². The maximum Gasteiger partial charge on any atom is 0.167 e. The number of aliphatic hydroxyl groups is 3. The minimum absolute atomic E-state index is 0.397. The zero-order valence-corrected chi connectivity index (χ0v) is 17.0. The molecular formula is C23H21N5O4. The fourth-order valence-electron chi connectivity index (χ4n) is 4.60. The molecule has 2 aromatic heterocycles.